The molecule has 3 rings (SSSR count). The maximum atomic E-state index is 11.4. The highest BCUT2D eigenvalue weighted by atomic mass is 16.2. The summed E-state index contributed by atoms with van der Waals surface area (Å²) in [5.41, 5.74) is 7.31. The molecule has 6 nitrogen and oxygen atoms in total. The highest BCUT2D eigenvalue weighted by Gasteiger charge is 2.10. The zero-order chi connectivity index (χ0) is 20.6. The van der Waals surface area contributed by atoms with Gasteiger partial charge in [0.25, 0.3) is 0 Å². The summed E-state index contributed by atoms with van der Waals surface area (Å²) in [6.07, 6.45) is 10.4. The molecule has 2 aromatic rings. The number of pyridine rings is 1. The summed E-state index contributed by atoms with van der Waals surface area (Å²) in [5.74, 6) is 5.03. The number of carbonyl (C=O) groups excluding carboxylic acids is 2. The first-order valence-electron chi connectivity index (χ1n) is 9.73. The Labute approximate surface area is 171 Å². The van der Waals surface area contributed by atoms with Gasteiger partial charge in [-0.1, -0.05) is 30.3 Å². The Morgan fingerprint density at radius 1 is 1.07 bits per heavy atom. The third kappa shape index (κ3) is 5.86. The van der Waals surface area contributed by atoms with Gasteiger partial charge < -0.3 is 4.90 Å². The van der Waals surface area contributed by atoms with Crippen LogP contribution in [-0.4, -0.2) is 23.2 Å². The van der Waals surface area contributed by atoms with Gasteiger partial charge >= 0.3 is 0 Å². The number of carbonyl (C=O) groups is 2. The molecule has 3 N–H and O–H groups in total. The Balaban J connectivity index is 1.50. The first kappa shape index (κ1) is 20.5. The van der Waals surface area contributed by atoms with E-state index in [1.54, 1.807) is 6.92 Å². The Bertz CT molecular complexity index is 915. The zero-order valence-corrected chi connectivity index (χ0v) is 16.6. The molecule has 0 radical (unpaired) electrons. The van der Waals surface area contributed by atoms with Crippen molar-refractivity contribution in [2.24, 2.45) is 5.84 Å². The van der Waals surface area contributed by atoms with Crippen LogP contribution in [0.25, 0.3) is 0 Å². The van der Waals surface area contributed by atoms with Gasteiger partial charge in [0.15, 0.2) is 5.78 Å². The molecule has 0 unspecified atom stereocenters. The minimum absolute atomic E-state index is 0.0865. The van der Waals surface area contributed by atoms with Crippen molar-refractivity contribution in [2.75, 3.05) is 11.4 Å². The number of anilines is 1. The highest BCUT2D eigenvalue weighted by molar-refractivity contribution is 5.96. The van der Waals surface area contributed by atoms with Gasteiger partial charge in [-0.25, -0.2) is 5.84 Å². The van der Waals surface area contributed by atoms with Crippen molar-refractivity contribution < 1.29 is 9.59 Å². The largest absolute Gasteiger partial charge is 0.343 e. The first-order valence-corrected chi connectivity index (χ1v) is 9.73. The van der Waals surface area contributed by atoms with E-state index in [1.165, 1.54) is 5.56 Å². The molecule has 0 atom stereocenters. The fourth-order valence-corrected chi connectivity index (χ4v) is 3.16. The normalized spacial score (nSPS) is 13.2. The molecule has 1 aromatic heterocycles. The zero-order valence-electron chi connectivity index (χ0n) is 16.6. The average Bonchev–Trinajstić information content (AvgIpc) is 2.77. The molecule has 0 aliphatic carbocycles. The summed E-state index contributed by atoms with van der Waals surface area (Å²) in [6.45, 7) is 2.25. The number of rotatable bonds is 8. The standard InChI is InChI=1S/C23H26N4O2/c1-17(28)20-12-14-27(15-13-20)22-10-9-21(25-16-22)8-6-18-2-4-19(5-3-18)7-11-23(29)26-24/h2-5,9-10,12-14,16H,6-8,11,15,24H2,1H3,(H,26,29). The lowest BCUT2D eigenvalue weighted by Gasteiger charge is -2.22. The molecule has 150 valence electrons. The number of Topliss-reactive ketones (excluding diaryl/α,β-unsaturated/α-hetero) is 1. The molecule has 6 heteroatoms. The lowest BCUT2D eigenvalue weighted by Crippen LogP contribution is -2.30. The van der Waals surface area contributed by atoms with Gasteiger partial charge in [0, 0.05) is 30.4 Å². The summed E-state index contributed by atoms with van der Waals surface area (Å²) in [4.78, 5) is 29.2. The van der Waals surface area contributed by atoms with Gasteiger partial charge in [-0.15, -0.1) is 0 Å². The number of aromatic nitrogens is 1. The van der Waals surface area contributed by atoms with Gasteiger partial charge in [-0.3, -0.25) is 20.0 Å². The molecule has 29 heavy (non-hydrogen) atoms. The van der Waals surface area contributed by atoms with Gasteiger partial charge in [-0.2, -0.15) is 0 Å². The lowest BCUT2D eigenvalue weighted by atomic mass is 10.0. The number of aryl methyl sites for hydroxylation is 3. The summed E-state index contributed by atoms with van der Waals surface area (Å²) < 4.78 is 0. The third-order valence-electron chi connectivity index (χ3n) is 4.98. The van der Waals surface area contributed by atoms with Crippen molar-refractivity contribution in [3.8, 4) is 0 Å². The minimum atomic E-state index is -0.154. The molecule has 0 spiro atoms. The van der Waals surface area contributed by atoms with Crippen molar-refractivity contribution in [1.82, 2.24) is 10.4 Å². The Morgan fingerprint density at radius 3 is 2.34 bits per heavy atom. The molecule has 0 saturated heterocycles. The van der Waals surface area contributed by atoms with Crippen molar-refractivity contribution in [1.29, 1.82) is 0 Å². The second-order valence-electron chi connectivity index (χ2n) is 7.08. The van der Waals surface area contributed by atoms with Crippen LogP contribution in [0.4, 0.5) is 5.69 Å². The highest BCUT2D eigenvalue weighted by Crippen LogP contribution is 2.18. The van der Waals surface area contributed by atoms with Crippen molar-refractivity contribution in [3.63, 3.8) is 0 Å². The number of hydrogen-bond donors (Lipinski definition) is 2. The van der Waals surface area contributed by atoms with Crippen LogP contribution in [0.1, 0.15) is 30.2 Å². The topological polar surface area (TPSA) is 88.3 Å². The smallest absolute Gasteiger partial charge is 0.234 e. The summed E-state index contributed by atoms with van der Waals surface area (Å²) in [5, 5.41) is 0. The first-order chi connectivity index (χ1) is 14.0. The molecule has 1 aliphatic rings. The van der Waals surface area contributed by atoms with E-state index in [4.69, 9.17) is 5.84 Å². The minimum Gasteiger partial charge on any atom is -0.343 e. The lowest BCUT2D eigenvalue weighted by molar-refractivity contribution is -0.121. The van der Waals surface area contributed by atoms with E-state index in [0.717, 1.165) is 35.4 Å². The fourth-order valence-electron chi connectivity index (χ4n) is 3.16. The number of hydrazine groups is 1. The van der Waals surface area contributed by atoms with Gasteiger partial charge in [-0.05, 0) is 55.5 Å². The number of amides is 1. The van der Waals surface area contributed by atoms with Crippen LogP contribution in [-0.2, 0) is 28.9 Å². The van der Waals surface area contributed by atoms with E-state index < -0.39 is 0 Å². The molecular weight excluding hydrogens is 364 g/mol. The monoisotopic (exact) mass is 390 g/mol. The number of allylic oxidation sites excluding steroid dienone is 2. The van der Waals surface area contributed by atoms with Crippen molar-refractivity contribution in [2.45, 2.75) is 32.6 Å². The number of benzene rings is 1. The van der Waals surface area contributed by atoms with Gasteiger partial charge in [0.2, 0.25) is 5.91 Å². The predicted molar refractivity (Wildman–Crippen MR) is 114 cm³/mol. The second-order valence-corrected chi connectivity index (χ2v) is 7.08. The van der Waals surface area contributed by atoms with Crippen LogP contribution in [0.15, 0.2) is 66.5 Å². The predicted octanol–water partition coefficient (Wildman–Crippen LogP) is 2.64. The molecule has 1 amide bonds. The molecule has 0 bridgehead atoms. The summed E-state index contributed by atoms with van der Waals surface area (Å²) in [6, 6.07) is 12.4. The van der Waals surface area contributed by atoms with E-state index in [9.17, 15) is 9.59 Å². The summed E-state index contributed by atoms with van der Waals surface area (Å²) >= 11 is 0. The van der Waals surface area contributed by atoms with Crippen molar-refractivity contribution >= 4 is 17.4 Å². The van der Waals surface area contributed by atoms with Gasteiger partial charge in [0.05, 0.1) is 11.9 Å². The Kier molecular flexibility index (Phi) is 6.92. The molecule has 1 aromatic carbocycles. The molecular formula is C23H26N4O2. The Hall–Kier alpha value is -3.25. The average molecular weight is 390 g/mol. The van der Waals surface area contributed by atoms with E-state index in [0.29, 0.717) is 19.4 Å². The number of nitrogens with zero attached hydrogens (tertiary/aromatic N) is 2. The quantitative estimate of drug-likeness (QED) is 0.411. The second kappa shape index (κ2) is 9.80. The molecule has 1 aliphatic heterocycles. The molecule has 0 fully saturated rings. The maximum Gasteiger partial charge on any atom is 0.234 e. The fraction of sp³-hybridized carbons (Fsp3) is 0.261. The SMILES string of the molecule is CC(=O)C1=CCN(c2ccc(CCc3ccc(CCC(=O)NN)cc3)nc2)C=C1. The van der Waals surface area contributed by atoms with Crippen molar-refractivity contribution in [3.05, 3.63) is 83.3 Å². The van der Waals surface area contributed by atoms with E-state index in [1.807, 2.05) is 30.6 Å². The van der Waals surface area contributed by atoms with Gasteiger partial charge in [0.1, 0.15) is 0 Å². The molecule has 0 saturated carbocycles. The summed E-state index contributed by atoms with van der Waals surface area (Å²) in [7, 11) is 0. The van der Waals surface area contributed by atoms with Crippen LogP contribution in [0, 0.1) is 0 Å². The number of nitrogens with two attached hydrogens (primary N) is 1. The van der Waals surface area contributed by atoms with Crippen LogP contribution in [0.3, 0.4) is 0 Å². The third-order valence-corrected chi connectivity index (χ3v) is 4.98. The van der Waals surface area contributed by atoms with Crippen LogP contribution in [0.5, 0.6) is 0 Å². The maximum absolute atomic E-state index is 11.4. The van der Waals surface area contributed by atoms with E-state index in [2.05, 4.69) is 45.6 Å². The Morgan fingerprint density at radius 2 is 1.79 bits per heavy atom. The van der Waals surface area contributed by atoms with E-state index in [-0.39, 0.29) is 11.7 Å². The van der Waals surface area contributed by atoms with E-state index >= 15 is 0 Å². The van der Waals surface area contributed by atoms with Crippen LogP contribution in [0.2, 0.25) is 0 Å². The van der Waals surface area contributed by atoms with Crippen LogP contribution >= 0.6 is 0 Å². The number of ketones is 1. The molecule has 2 heterocycles. The van der Waals surface area contributed by atoms with Crippen LogP contribution < -0.4 is 16.2 Å². The number of hydrogen-bond acceptors (Lipinski definition) is 5. The number of nitrogens with one attached hydrogen (secondary N) is 1.